The van der Waals surface area contributed by atoms with Crippen molar-refractivity contribution in [3.05, 3.63) is 35.1 Å². The Hall–Kier alpha value is -2.30. The molecule has 0 bridgehead atoms. The maximum absolute atomic E-state index is 12.9. The molecule has 1 aliphatic rings. The van der Waals surface area contributed by atoms with Crippen molar-refractivity contribution in [1.82, 2.24) is 10.2 Å². The molecule has 1 aliphatic heterocycles. The van der Waals surface area contributed by atoms with E-state index in [2.05, 4.69) is 5.32 Å². The van der Waals surface area contributed by atoms with E-state index in [0.29, 0.717) is 18.8 Å². The number of amides is 2. The molecule has 1 aromatic heterocycles. The lowest BCUT2D eigenvalue weighted by atomic mass is 9.97. The van der Waals surface area contributed by atoms with E-state index in [9.17, 15) is 9.59 Å². The minimum Gasteiger partial charge on any atom is -0.450 e. The van der Waals surface area contributed by atoms with E-state index in [0.717, 1.165) is 34.9 Å². The molecule has 2 heterocycles. The van der Waals surface area contributed by atoms with E-state index in [4.69, 9.17) is 4.42 Å². The average molecular weight is 314 g/mol. The number of hydrogen-bond donors (Lipinski definition) is 1. The summed E-state index contributed by atoms with van der Waals surface area (Å²) in [5.41, 5.74) is 2.66. The van der Waals surface area contributed by atoms with Crippen LogP contribution in [0, 0.1) is 19.8 Å². The summed E-state index contributed by atoms with van der Waals surface area (Å²) >= 11 is 0. The Morgan fingerprint density at radius 3 is 2.78 bits per heavy atom. The number of benzene rings is 1. The monoisotopic (exact) mass is 314 g/mol. The van der Waals surface area contributed by atoms with E-state index < -0.39 is 0 Å². The molecule has 1 saturated heterocycles. The molecule has 1 fully saturated rings. The number of carbonyl (C=O) groups excluding carboxylic acids is 2. The first-order valence-corrected chi connectivity index (χ1v) is 8.02. The lowest BCUT2D eigenvalue weighted by Crippen LogP contribution is -2.44. The van der Waals surface area contributed by atoms with Crippen LogP contribution < -0.4 is 5.32 Å². The topological polar surface area (TPSA) is 62.6 Å². The van der Waals surface area contributed by atoms with Crippen molar-refractivity contribution in [3.8, 4) is 0 Å². The number of rotatable bonds is 2. The summed E-state index contributed by atoms with van der Waals surface area (Å²) in [7, 11) is 1.63. The van der Waals surface area contributed by atoms with E-state index in [1.807, 2.05) is 32.0 Å². The van der Waals surface area contributed by atoms with Gasteiger partial charge in [-0.1, -0.05) is 18.2 Å². The second-order valence-electron chi connectivity index (χ2n) is 6.21. The number of likely N-dealkylation sites (tertiary alicyclic amines) is 1. The quantitative estimate of drug-likeness (QED) is 0.927. The Morgan fingerprint density at radius 2 is 2.09 bits per heavy atom. The first kappa shape index (κ1) is 15.6. The molecule has 1 atom stereocenters. The van der Waals surface area contributed by atoms with Gasteiger partial charge in [0.1, 0.15) is 5.58 Å². The van der Waals surface area contributed by atoms with Crippen molar-refractivity contribution >= 4 is 22.8 Å². The van der Waals surface area contributed by atoms with Gasteiger partial charge in [-0.25, -0.2) is 0 Å². The molecule has 0 unspecified atom stereocenters. The summed E-state index contributed by atoms with van der Waals surface area (Å²) in [4.78, 5) is 26.4. The largest absolute Gasteiger partial charge is 0.450 e. The van der Waals surface area contributed by atoms with E-state index in [1.165, 1.54) is 0 Å². The van der Waals surface area contributed by atoms with Crippen molar-refractivity contribution in [1.29, 1.82) is 0 Å². The number of fused-ring (bicyclic) bond motifs is 1. The van der Waals surface area contributed by atoms with Gasteiger partial charge in [0, 0.05) is 31.1 Å². The first-order valence-electron chi connectivity index (χ1n) is 8.02. The molecule has 0 saturated carbocycles. The third-order valence-electron chi connectivity index (χ3n) is 4.68. The molecule has 0 radical (unpaired) electrons. The highest BCUT2D eigenvalue weighted by Gasteiger charge is 2.31. The number of carbonyl (C=O) groups is 2. The number of aryl methyl sites for hydroxylation is 2. The Bertz CT molecular complexity index is 763. The molecule has 3 rings (SSSR count). The summed E-state index contributed by atoms with van der Waals surface area (Å²) in [6, 6.07) is 5.92. The number of nitrogens with zero attached hydrogens (tertiary/aromatic N) is 1. The first-order chi connectivity index (χ1) is 11.0. The van der Waals surface area contributed by atoms with E-state index in [-0.39, 0.29) is 17.7 Å². The summed E-state index contributed by atoms with van der Waals surface area (Å²) in [6.45, 7) is 5.01. The van der Waals surface area contributed by atoms with E-state index in [1.54, 1.807) is 11.9 Å². The van der Waals surface area contributed by atoms with Gasteiger partial charge < -0.3 is 14.6 Å². The van der Waals surface area contributed by atoms with Crippen molar-refractivity contribution in [2.24, 2.45) is 5.92 Å². The van der Waals surface area contributed by atoms with Crippen LogP contribution in [0.15, 0.2) is 22.6 Å². The Kier molecular flexibility index (Phi) is 4.11. The summed E-state index contributed by atoms with van der Waals surface area (Å²) in [6.07, 6.45) is 1.66. The normalized spacial score (nSPS) is 18.2. The van der Waals surface area contributed by atoms with Crippen LogP contribution in [-0.4, -0.2) is 36.9 Å². The number of nitrogens with one attached hydrogen (secondary N) is 1. The fourth-order valence-electron chi connectivity index (χ4n) is 3.31. The zero-order valence-electron chi connectivity index (χ0n) is 13.8. The zero-order chi connectivity index (χ0) is 16.6. The number of hydrogen-bond acceptors (Lipinski definition) is 3. The maximum atomic E-state index is 12.9. The van der Waals surface area contributed by atoms with Gasteiger partial charge in [-0.2, -0.15) is 0 Å². The molecule has 0 spiro atoms. The second-order valence-corrected chi connectivity index (χ2v) is 6.21. The minimum absolute atomic E-state index is 0.000303. The van der Waals surface area contributed by atoms with Crippen LogP contribution in [0.25, 0.3) is 11.0 Å². The Labute approximate surface area is 135 Å². The zero-order valence-corrected chi connectivity index (χ0v) is 13.8. The predicted molar refractivity (Wildman–Crippen MR) is 88.4 cm³/mol. The SMILES string of the molecule is CNC(=O)[C@H]1CCCN(C(=O)c2oc3c(C)cccc3c2C)C1. The predicted octanol–water partition coefficient (Wildman–Crippen LogP) is 2.65. The number of para-hydroxylation sites is 1. The molecule has 2 aromatic rings. The van der Waals surface area contributed by atoms with Crippen LogP contribution in [0.2, 0.25) is 0 Å². The van der Waals surface area contributed by atoms with Crippen molar-refractivity contribution in [2.75, 3.05) is 20.1 Å². The highest BCUT2D eigenvalue weighted by molar-refractivity contribution is 5.99. The molecule has 0 aliphatic carbocycles. The highest BCUT2D eigenvalue weighted by Crippen LogP contribution is 2.29. The highest BCUT2D eigenvalue weighted by atomic mass is 16.3. The van der Waals surface area contributed by atoms with Crippen LogP contribution in [0.3, 0.4) is 0 Å². The van der Waals surface area contributed by atoms with Gasteiger partial charge in [-0.3, -0.25) is 9.59 Å². The van der Waals surface area contributed by atoms with Crippen molar-refractivity contribution in [3.63, 3.8) is 0 Å². The van der Waals surface area contributed by atoms with Gasteiger partial charge in [0.15, 0.2) is 5.76 Å². The molecule has 2 amide bonds. The molecule has 5 heteroatoms. The lowest BCUT2D eigenvalue weighted by molar-refractivity contribution is -0.125. The molecule has 1 aromatic carbocycles. The maximum Gasteiger partial charge on any atom is 0.289 e. The van der Waals surface area contributed by atoms with Crippen LogP contribution in [0.1, 0.15) is 34.5 Å². The number of furan rings is 1. The van der Waals surface area contributed by atoms with Crippen molar-refractivity contribution in [2.45, 2.75) is 26.7 Å². The standard InChI is InChI=1S/C18H22N2O3/c1-11-6-4-8-14-12(2)16(23-15(11)14)18(22)20-9-5-7-13(10-20)17(21)19-3/h4,6,8,13H,5,7,9-10H2,1-3H3,(H,19,21)/t13-/m0/s1. The lowest BCUT2D eigenvalue weighted by Gasteiger charge is -2.31. The molecular formula is C18H22N2O3. The van der Waals surface area contributed by atoms with Crippen LogP contribution in [-0.2, 0) is 4.79 Å². The Morgan fingerprint density at radius 1 is 1.30 bits per heavy atom. The summed E-state index contributed by atoms with van der Waals surface area (Å²) in [5, 5.41) is 3.65. The van der Waals surface area contributed by atoms with Gasteiger partial charge in [-0.05, 0) is 32.3 Å². The Balaban J connectivity index is 1.90. The van der Waals surface area contributed by atoms with E-state index >= 15 is 0 Å². The third-order valence-corrected chi connectivity index (χ3v) is 4.68. The summed E-state index contributed by atoms with van der Waals surface area (Å²) in [5.74, 6) is 0.141. The molecule has 5 nitrogen and oxygen atoms in total. The van der Waals surface area contributed by atoms with Crippen LogP contribution in [0.4, 0.5) is 0 Å². The van der Waals surface area contributed by atoms with Crippen molar-refractivity contribution < 1.29 is 14.0 Å². The third kappa shape index (κ3) is 2.71. The van der Waals surface area contributed by atoms with Gasteiger partial charge >= 0.3 is 0 Å². The van der Waals surface area contributed by atoms with Gasteiger partial charge in [0.25, 0.3) is 5.91 Å². The smallest absolute Gasteiger partial charge is 0.289 e. The number of piperidine rings is 1. The van der Waals surface area contributed by atoms with Gasteiger partial charge in [0.2, 0.25) is 5.91 Å². The van der Waals surface area contributed by atoms with Gasteiger partial charge in [0.05, 0.1) is 5.92 Å². The van der Waals surface area contributed by atoms with Gasteiger partial charge in [-0.15, -0.1) is 0 Å². The second kappa shape index (κ2) is 6.07. The summed E-state index contributed by atoms with van der Waals surface area (Å²) < 4.78 is 5.87. The average Bonchev–Trinajstić information content (AvgIpc) is 2.92. The molecule has 122 valence electrons. The minimum atomic E-state index is -0.135. The fourth-order valence-corrected chi connectivity index (χ4v) is 3.31. The van der Waals surface area contributed by atoms with Crippen LogP contribution in [0.5, 0.6) is 0 Å². The fraction of sp³-hybridized carbons (Fsp3) is 0.444. The molecular weight excluding hydrogens is 292 g/mol. The molecule has 23 heavy (non-hydrogen) atoms. The molecule has 1 N–H and O–H groups in total. The van der Waals surface area contributed by atoms with Crippen LogP contribution >= 0.6 is 0 Å².